The van der Waals surface area contributed by atoms with Gasteiger partial charge in [-0.1, -0.05) is 6.08 Å². The molecule has 14 heavy (non-hydrogen) atoms. The number of unbranched alkanes of at least 4 members (excludes halogenated alkanes) is 1. The van der Waals surface area contributed by atoms with Gasteiger partial charge < -0.3 is 15.7 Å². The highest BCUT2D eigenvalue weighted by atomic mass is 16.4. The van der Waals surface area contributed by atoms with Gasteiger partial charge in [0.25, 0.3) is 0 Å². The molecule has 1 unspecified atom stereocenters. The summed E-state index contributed by atoms with van der Waals surface area (Å²) in [6.07, 6.45) is 4.43. The maximum atomic E-state index is 10.8. The standard InChI is InChI=1S/C10H18N2O2/c1-2-3-4-6-12-7-5-10(11,8-12)9(13)14/h2H,1,3-8,11H2,(H,13,14). The molecule has 1 fully saturated rings. The molecule has 1 atom stereocenters. The smallest absolute Gasteiger partial charge is 0.325 e. The molecule has 80 valence electrons. The van der Waals surface area contributed by atoms with Crippen LogP contribution in [0, 0.1) is 0 Å². The second kappa shape index (κ2) is 4.57. The molecule has 0 aliphatic carbocycles. The molecule has 1 saturated heterocycles. The average Bonchev–Trinajstić information content (AvgIpc) is 2.50. The number of hydrogen-bond acceptors (Lipinski definition) is 3. The Hall–Kier alpha value is -0.870. The Balaban J connectivity index is 2.33. The van der Waals surface area contributed by atoms with E-state index in [2.05, 4.69) is 11.5 Å². The van der Waals surface area contributed by atoms with Crippen LogP contribution in [0.3, 0.4) is 0 Å². The van der Waals surface area contributed by atoms with E-state index in [9.17, 15) is 4.79 Å². The van der Waals surface area contributed by atoms with Gasteiger partial charge in [0.1, 0.15) is 5.54 Å². The molecule has 0 radical (unpaired) electrons. The zero-order valence-corrected chi connectivity index (χ0v) is 8.41. The van der Waals surface area contributed by atoms with E-state index in [1.54, 1.807) is 0 Å². The van der Waals surface area contributed by atoms with Crippen molar-refractivity contribution in [2.24, 2.45) is 5.73 Å². The Morgan fingerprint density at radius 1 is 1.71 bits per heavy atom. The normalized spacial score (nSPS) is 27.8. The van der Waals surface area contributed by atoms with Gasteiger partial charge in [-0.05, 0) is 25.8 Å². The highest BCUT2D eigenvalue weighted by Gasteiger charge is 2.40. The third-order valence-corrected chi connectivity index (χ3v) is 2.69. The summed E-state index contributed by atoms with van der Waals surface area (Å²) in [5.41, 5.74) is 4.72. The highest BCUT2D eigenvalue weighted by Crippen LogP contribution is 2.19. The maximum absolute atomic E-state index is 10.8. The molecular weight excluding hydrogens is 180 g/mol. The van der Waals surface area contributed by atoms with Gasteiger partial charge in [-0.3, -0.25) is 4.79 Å². The maximum Gasteiger partial charge on any atom is 0.325 e. The lowest BCUT2D eigenvalue weighted by atomic mass is 10.0. The van der Waals surface area contributed by atoms with E-state index in [0.29, 0.717) is 13.0 Å². The Morgan fingerprint density at radius 2 is 2.43 bits per heavy atom. The van der Waals surface area contributed by atoms with E-state index in [4.69, 9.17) is 10.8 Å². The molecule has 1 rings (SSSR count). The largest absolute Gasteiger partial charge is 0.480 e. The minimum atomic E-state index is -1.02. The van der Waals surface area contributed by atoms with E-state index in [1.165, 1.54) is 0 Å². The first-order valence-corrected chi connectivity index (χ1v) is 4.94. The van der Waals surface area contributed by atoms with Crippen molar-refractivity contribution in [2.45, 2.75) is 24.8 Å². The second-order valence-corrected chi connectivity index (χ2v) is 3.92. The minimum Gasteiger partial charge on any atom is -0.480 e. The summed E-state index contributed by atoms with van der Waals surface area (Å²) in [7, 11) is 0. The predicted molar refractivity (Wildman–Crippen MR) is 55.0 cm³/mol. The highest BCUT2D eigenvalue weighted by molar-refractivity contribution is 5.79. The Bertz CT molecular complexity index is 230. The third kappa shape index (κ3) is 2.56. The number of hydrogen-bond donors (Lipinski definition) is 2. The van der Waals surface area contributed by atoms with Crippen molar-refractivity contribution in [2.75, 3.05) is 19.6 Å². The summed E-state index contributed by atoms with van der Waals surface area (Å²) in [5.74, 6) is -0.885. The molecule has 0 spiro atoms. The first-order valence-electron chi connectivity index (χ1n) is 4.94. The lowest BCUT2D eigenvalue weighted by molar-refractivity contribution is -0.142. The van der Waals surface area contributed by atoms with Crippen LogP contribution in [0.4, 0.5) is 0 Å². The van der Waals surface area contributed by atoms with Crippen molar-refractivity contribution >= 4 is 5.97 Å². The topological polar surface area (TPSA) is 66.6 Å². The number of rotatable bonds is 5. The van der Waals surface area contributed by atoms with Crippen LogP contribution in [-0.4, -0.2) is 41.1 Å². The number of nitrogens with zero attached hydrogens (tertiary/aromatic N) is 1. The van der Waals surface area contributed by atoms with Crippen LogP contribution >= 0.6 is 0 Å². The van der Waals surface area contributed by atoms with E-state index < -0.39 is 11.5 Å². The van der Waals surface area contributed by atoms with Crippen molar-refractivity contribution in [1.29, 1.82) is 0 Å². The molecule has 4 nitrogen and oxygen atoms in total. The number of carboxylic acid groups (broad SMARTS) is 1. The fourth-order valence-electron chi connectivity index (χ4n) is 1.74. The Kier molecular flexibility index (Phi) is 3.66. The van der Waals surface area contributed by atoms with E-state index in [0.717, 1.165) is 25.9 Å². The molecule has 1 aliphatic rings. The van der Waals surface area contributed by atoms with Crippen LogP contribution in [0.25, 0.3) is 0 Å². The molecule has 1 heterocycles. The second-order valence-electron chi connectivity index (χ2n) is 3.92. The molecular formula is C10H18N2O2. The van der Waals surface area contributed by atoms with Gasteiger partial charge >= 0.3 is 5.97 Å². The van der Waals surface area contributed by atoms with Gasteiger partial charge in [-0.15, -0.1) is 6.58 Å². The average molecular weight is 198 g/mol. The predicted octanol–water partition coefficient (Wildman–Crippen LogP) is 0.440. The SMILES string of the molecule is C=CCCCN1CCC(N)(C(=O)O)C1. The van der Waals surface area contributed by atoms with E-state index in [1.807, 2.05) is 6.08 Å². The van der Waals surface area contributed by atoms with Crippen molar-refractivity contribution in [3.05, 3.63) is 12.7 Å². The van der Waals surface area contributed by atoms with Gasteiger partial charge in [0.15, 0.2) is 0 Å². The first kappa shape index (κ1) is 11.2. The molecule has 0 aromatic heterocycles. The van der Waals surface area contributed by atoms with Crippen LogP contribution in [0.15, 0.2) is 12.7 Å². The van der Waals surface area contributed by atoms with E-state index in [-0.39, 0.29) is 0 Å². The Morgan fingerprint density at radius 3 is 2.93 bits per heavy atom. The number of nitrogens with two attached hydrogens (primary N) is 1. The van der Waals surface area contributed by atoms with E-state index >= 15 is 0 Å². The molecule has 0 bridgehead atoms. The van der Waals surface area contributed by atoms with Gasteiger partial charge in [0.05, 0.1) is 0 Å². The van der Waals surface area contributed by atoms with Crippen molar-refractivity contribution in [3.63, 3.8) is 0 Å². The summed E-state index contributed by atoms with van der Waals surface area (Å²) in [6, 6.07) is 0. The number of aliphatic carboxylic acids is 1. The number of carboxylic acids is 1. The minimum absolute atomic E-state index is 0.472. The lowest BCUT2D eigenvalue weighted by Crippen LogP contribution is -2.50. The summed E-state index contributed by atoms with van der Waals surface area (Å²) >= 11 is 0. The number of likely N-dealkylation sites (tertiary alicyclic amines) is 1. The summed E-state index contributed by atoms with van der Waals surface area (Å²) in [4.78, 5) is 12.9. The van der Waals surface area contributed by atoms with Crippen molar-refractivity contribution < 1.29 is 9.90 Å². The first-order chi connectivity index (χ1) is 6.58. The molecule has 0 amide bonds. The van der Waals surface area contributed by atoms with Gasteiger partial charge in [-0.25, -0.2) is 0 Å². The van der Waals surface area contributed by atoms with Crippen molar-refractivity contribution in [3.8, 4) is 0 Å². The summed E-state index contributed by atoms with van der Waals surface area (Å²) < 4.78 is 0. The van der Waals surface area contributed by atoms with Crippen LogP contribution in [-0.2, 0) is 4.79 Å². The molecule has 3 N–H and O–H groups in total. The quantitative estimate of drug-likeness (QED) is 0.497. The van der Waals surface area contributed by atoms with Crippen LogP contribution in [0.5, 0.6) is 0 Å². The van der Waals surface area contributed by atoms with Crippen LogP contribution in [0.2, 0.25) is 0 Å². The fourth-order valence-corrected chi connectivity index (χ4v) is 1.74. The molecule has 1 aliphatic heterocycles. The summed E-state index contributed by atoms with van der Waals surface area (Å²) in [6.45, 7) is 5.82. The van der Waals surface area contributed by atoms with Gasteiger partial charge in [-0.2, -0.15) is 0 Å². The molecule has 0 aromatic carbocycles. The molecule has 0 aromatic rings. The lowest BCUT2D eigenvalue weighted by Gasteiger charge is -2.19. The zero-order chi connectivity index (χ0) is 10.6. The van der Waals surface area contributed by atoms with Crippen LogP contribution in [0.1, 0.15) is 19.3 Å². The molecule has 0 saturated carbocycles. The van der Waals surface area contributed by atoms with Gasteiger partial charge in [0, 0.05) is 13.1 Å². The summed E-state index contributed by atoms with van der Waals surface area (Å²) in [5, 5.41) is 8.89. The molecule has 4 heteroatoms. The number of carbonyl (C=O) groups is 1. The number of allylic oxidation sites excluding steroid dienone is 1. The Labute approximate surface area is 84.4 Å². The zero-order valence-electron chi connectivity index (χ0n) is 8.41. The monoisotopic (exact) mass is 198 g/mol. The van der Waals surface area contributed by atoms with Gasteiger partial charge in [0.2, 0.25) is 0 Å². The fraction of sp³-hybridized carbons (Fsp3) is 0.700. The van der Waals surface area contributed by atoms with Crippen LogP contribution < -0.4 is 5.73 Å². The van der Waals surface area contributed by atoms with Crippen molar-refractivity contribution in [1.82, 2.24) is 4.90 Å². The third-order valence-electron chi connectivity index (χ3n) is 2.69.